The number of aromatic nitrogens is 2. The molecule has 6 heteroatoms. The van der Waals surface area contributed by atoms with Crippen LogP contribution in [0.25, 0.3) is 10.6 Å². The molecule has 0 atom stereocenters. The number of hydrogen-bond acceptors (Lipinski definition) is 5. The number of Topliss-reactive ketones (excluding diaryl/α,β-unsaturated/α-hetero) is 1. The van der Waals surface area contributed by atoms with Crippen molar-refractivity contribution in [3.63, 3.8) is 0 Å². The van der Waals surface area contributed by atoms with E-state index >= 15 is 0 Å². The minimum atomic E-state index is -0.359. The number of carbonyl (C=O) groups excluding carboxylic acids is 1. The van der Waals surface area contributed by atoms with Crippen LogP contribution in [-0.4, -0.2) is 15.6 Å². The molecular weight excluding hydrogens is 274 g/mol. The molecular formula is C14H15N3O2S. The van der Waals surface area contributed by atoms with Crippen molar-refractivity contribution in [1.29, 1.82) is 0 Å². The summed E-state index contributed by atoms with van der Waals surface area (Å²) < 4.78 is 1.41. The summed E-state index contributed by atoms with van der Waals surface area (Å²) in [6.07, 6.45) is 2.24. The second-order valence-electron chi connectivity index (χ2n) is 5.10. The molecule has 0 aromatic carbocycles. The fourth-order valence-corrected chi connectivity index (χ4v) is 2.92. The summed E-state index contributed by atoms with van der Waals surface area (Å²) in [7, 11) is 0. The maximum absolute atomic E-state index is 12.2. The predicted molar refractivity (Wildman–Crippen MR) is 79.0 cm³/mol. The van der Waals surface area contributed by atoms with Crippen LogP contribution in [0.4, 0.5) is 5.69 Å². The molecule has 0 saturated heterocycles. The first-order valence-electron chi connectivity index (χ1n) is 6.53. The summed E-state index contributed by atoms with van der Waals surface area (Å²) >= 11 is 1.48. The van der Waals surface area contributed by atoms with Gasteiger partial charge in [-0.15, -0.1) is 11.3 Å². The van der Waals surface area contributed by atoms with Crippen LogP contribution in [0.3, 0.4) is 0 Å². The summed E-state index contributed by atoms with van der Waals surface area (Å²) in [6.45, 7) is 1.99. The molecule has 2 aromatic heterocycles. The van der Waals surface area contributed by atoms with Gasteiger partial charge in [0.25, 0.3) is 5.56 Å². The summed E-state index contributed by atoms with van der Waals surface area (Å²) in [5.74, 6) is 0.285. The van der Waals surface area contributed by atoms with Gasteiger partial charge in [-0.3, -0.25) is 9.59 Å². The molecule has 0 unspecified atom stereocenters. The molecule has 3 rings (SSSR count). The Balaban J connectivity index is 2.21. The molecule has 1 saturated carbocycles. The fraction of sp³-hybridized carbons (Fsp3) is 0.357. The lowest BCUT2D eigenvalue weighted by atomic mass is 10.1. The highest BCUT2D eigenvalue weighted by Crippen LogP contribution is 2.31. The summed E-state index contributed by atoms with van der Waals surface area (Å²) in [6, 6.07) is 3.77. The zero-order valence-corrected chi connectivity index (χ0v) is 11.9. The predicted octanol–water partition coefficient (Wildman–Crippen LogP) is 2.17. The van der Waals surface area contributed by atoms with Gasteiger partial charge >= 0.3 is 0 Å². The van der Waals surface area contributed by atoms with E-state index < -0.39 is 0 Å². The smallest absolute Gasteiger partial charge is 0.290 e. The van der Waals surface area contributed by atoms with Crippen molar-refractivity contribution in [2.75, 3.05) is 5.73 Å². The number of nitrogen functional groups attached to an aromatic ring is 1. The first-order valence-corrected chi connectivity index (χ1v) is 7.41. The number of anilines is 1. The van der Waals surface area contributed by atoms with Crippen molar-refractivity contribution in [2.24, 2.45) is 5.92 Å². The number of nitrogens with two attached hydrogens (primary N) is 1. The topological polar surface area (TPSA) is 78.0 Å². The van der Waals surface area contributed by atoms with Crippen LogP contribution >= 0.6 is 11.3 Å². The Hall–Kier alpha value is -1.95. The molecule has 0 aliphatic heterocycles. The van der Waals surface area contributed by atoms with E-state index in [1.165, 1.54) is 22.9 Å². The first kappa shape index (κ1) is 13.1. The van der Waals surface area contributed by atoms with Gasteiger partial charge in [-0.2, -0.15) is 5.10 Å². The Morgan fingerprint density at radius 2 is 2.30 bits per heavy atom. The molecule has 2 aromatic rings. The maximum Gasteiger partial charge on any atom is 0.290 e. The van der Waals surface area contributed by atoms with E-state index in [1.807, 2.05) is 17.5 Å². The SMILES string of the molecule is CC(=O)c1c(-c2cccs2)nn(CC2CC2)c(=O)c1N. The van der Waals surface area contributed by atoms with E-state index in [4.69, 9.17) is 5.73 Å². The number of thiophene rings is 1. The van der Waals surface area contributed by atoms with Crippen LogP contribution in [0, 0.1) is 5.92 Å². The third-order valence-corrected chi connectivity index (χ3v) is 4.30. The standard InChI is InChI=1S/C14H15N3O2S/c1-8(18)11-12(15)14(19)17(7-9-4-5-9)16-13(11)10-3-2-6-20-10/h2-3,6,9H,4-5,7,15H2,1H3. The number of carbonyl (C=O) groups is 1. The van der Waals surface area contributed by atoms with Gasteiger partial charge in [0.2, 0.25) is 0 Å². The van der Waals surface area contributed by atoms with E-state index in [2.05, 4.69) is 5.10 Å². The van der Waals surface area contributed by atoms with Crippen molar-refractivity contribution < 1.29 is 4.79 Å². The van der Waals surface area contributed by atoms with E-state index in [9.17, 15) is 9.59 Å². The zero-order chi connectivity index (χ0) is 14.3. The molecule has 0 spiro atoms. The van der Waals surface area contributed by atoms with Gasteiger partial charge < -0.3 is 5.73 Å². The van der Waals surface area contributed by atoms with E-state index in [1.54, 1.807) is 0 Å². The molecule has 20 heavy (non-hydrogen) atoms. The highest BCUT2D eigenvalue weighted by atomic mass is 32.1. The summed E-state index contributed by atoms with van der Waals surface area (Å²) in [4.78, 5) is 24.9. The monoisotopic (exact) mass is 289 g/mol. The van der Waals surface area contributed by atoms with Gasteiger partial charge in [0, 0.05) is 6.54 Å². The number of rotatable bonds is 4. The highest BCUT2D eigenvalue weighted by molar-refractivity contribution is 7.13. The number of nitrogens with zero attached hydrogens (tertiary/aromatic N) is 2. The minimum absolute atomic E-state index is 0.0107. The molecule has 2 heterocycles. The molecule has 5 nitrogen and oxygen atoms in total. The maximum atomic E-state index is 12.2. The van der Waals surface area contributed by atoms with Gasteiger partial charge in [0.15, 0.2) is 5.78 Å². The Bertz CT molecular complexity index is 715. The third-order valence-electron chi connectivity index (χ3n) is 3.43. The van der Waals surface area contributed by atoms with Gasteiger partial charge in [0.05, 0.1) is 10.4 Å². The van der Waals surface area contributed by atoms with E-state index in [-0.39, 0.29) is 22.6 Å². The molecule has 0 bridgehead atoms. The van der Waals surface area contributed by atoms with Gasteiger partial charge in [0.1, 0.15) is 11.4 Å². The lowest BCUT2D eigenvalue weighted by Gasteiger charge is -2.11. The lowest BCUT2D eigenvalue weighted by molar-refractivity contribution is 0.101. The first-order chi connectivity index (χ1) is 9.58. The Labute approximate surface area is 120 Å². The summed E-state index contributed by atoms with van der Waals surface area (Å²) in [5, 5.41) is 6.30. The summed E-state index contributed by atoms with van der Waals surface area (Å²) in [5.41, 5.74) is 6.31. The van der Waals surface area contributed by atoms with Crippen LogP contribution in [0.1, 0.15) is 30.1 Å². The number of ketones is 1. The van der Waals surface area contributed by atoms with Gasteiger partial charge in [-0.05, 0) is 37.1 Å². The van der Waals surface area contributed by atoms with Gasteiger partial charge in [-0.1, -0.05) is 6.07 Å². The molecule has 1 aliphatic rings. The zero-order valence-electron chi connectivity index (χ0n) is 11.1. The third kappa shape index (κ3) is 2.27. The van der Waals surface area contributed by atoms with Gasteiger partial charge in [-0.25, -0.2) is 4.68 Å². The largest absolute Gasteiger partial charge is 0.394 e. The fourth-order valence-electron chi connectivity index (χ4n) is 2.20. The average Bonchev–Trinajstić information content (AvgIpc) is 3.05. The van der Waals surface area contributed by atoms with Crippen molar-refractivity contribution in [3.8, 4) is 10.6 Å². The Morgan fingerprint density at radius 3 is 2.85 bits per heavy atom. The lowest BCUT2D eigenvalue weighted by Crippen LogP contribution is -2.29. The average molecular weight is 289 g/mol. The van der Waals surface area contributed by atoms with Crippen LogP contribution < -0.4 is 11.3 Å². The number of hydrogen-bond donors (Lipinski definition) is 1. The molecule has 2 N–H and O–H groups in total. The normalized spacial score (nSPS) is 14.4. The van der Waals surface area contributed by atoms with E-state index in [0.717, 1.165) is 17.7 Å². The van der Waals surface area contributed by atoms with Crippen LogP contribution in [0.2, 0.25) is 0 Å². The molecule has 0 amide bonds. The molecule has 1 aliphatic carbocycles. The highest BCUT2D eigenvalue weighted by Gasteiger charge is 2.26. The second-order valence-corrected chi connectivity index (χ2v) is 6.05. The minimum Gasteiger partial charge on any atom is -0.394 e. The van der Waals surface area contributed by atoms with Crippen LogP contribution in [-0.2, 0) is 6.54 Å². The Kier molecular flexibility index (Phi) is 3.17. The van der Waals surface area contributed by atoms with E-state index in [0.29, 0.717) is 18.2 Å². The van der Waals surface area contributed by atoms with Crippen molar-refractivity contribution in [1.82, 2.24) is 9.78 Å². The Morgan fingerprint density at radius 1 is 1.55 bits per heavy atom. The second kappa shape index (κ2) is 4.86. The molecule has 104 valence electrons. The van der Waals surface area contributed by atoms with Crippen LogP contribution in [0.5, 0.6) is 0 Å². The van der Waals surface area contributed by atoms with Crippen molar-refractivity contribution in [3.05, 3.63) is 33.4 Å². The molecule has 1 fully saturated rings. The van der Waals surface area contributed by atoms with Crippen molar-refractivity contribution >= 4 is 22.8 Å². The van der Waals surface area contributed by atoms with Crippen LogP contribution in [0.15, 0.2) is 22.3 Å². The quantitative estimate of drug-likeness (QED) is 0.875. The molecule has 0 radical (unpaired) electrons. The van der Waals surface area contributed by atoms with Crippen molar-refractivity contribution in [2.45, 2.75) is 26.3 Å².